The number of rotatable bonds is 6. The second-order valence-electron chi connectivity index (χ2n) is 9.24. The molecule has 10 heteroatoms. The number of halogens is 3. The van der Waals surface area contributed by atoms with Gasteiger partial charge in [0.05, 0.1) is 20.7 Å². The Hall–Kier alpha value is -3.12. The Balaban J connectivity index is 1.53. The van der Waals surface area contributed by atoms with Gasteiger partial charge in [0.15, 0.2) is 6.61 Å². The second kappa shape index (κ2) is 11.1. The molecule has 1 aromatic heterocycles. The lowest BCUT2D eigenvalue weighted by Crippen LogP contribution is -2.29. The molecule has 0 saturated heterocycles. The lowest BCUT2D eigenvalue weighted by atomic mass is 9.95. The van der Waals surface area contributed by atoms with Crippen LogP contribution in [0, 0.1) is 9.39 Å². The third kappa shape index (κ3) is 6.61. The van der Waals surface area contributed by atoms with Crippen molar-refractivity contribution in [3.05, 3.63) is 96.3 Å². The van der Waals surface area contributed by atoms with Gasteiger partial charge in [-0.15, -0.1) is 0 Å². The zero-order valence-electron chi connectivity index (χ0n) is 20.3. The molecule has 1 N–H and O–H groups in total. The minimum Gasteiger partial charge on any atom is -0.483 e. The summed E-state index contributed by atoms with van der Waals surface area (Å²) in [5.74, 6) is 0.330. The van der Waals surface area contributed by atoms with E-state index in [1.165, 1.54) is 28.9 Å². The molecule has 0 atom stereocenters. The molecule has 0 spiro atoms. The third-order valence-corrected chi connectivity index (χ3v) is 6.58. The van der Waals surface area contributed by atoms with E-state index in [-0.39, 0.29) is 23.9 Å². The maximum absolute atomic E-state index is 13.3. The number of carbonyl (C=O) groups excluding carboxylic acids is 1. The van der Waals surface area contributed by atoms with Crippen molar-refractivity contribution in [2.24, 2.45) is 5.10 Å². The predicted molar refractivity (Wildman–Crippen MR) is 155 cm³/mol. The number of hydrogen-bond donors (Lipinski definition) is 1. The summed E-state index contributed by atoms with van der Waals surface area (Å²) in [5.41, 5.74) is 1.17. The number of aromatic nitrogens is 2. The van der Waals surface area contributed by atoms with Crippen LogP contribution in [0.2, 0.25) is 0 Å². The molecule has 0 unspecified atom stereocenters. The lowest BCUT2D eigenvalue weighted by molar-refractivity contribution is -0.118. The largest absolute Gasteiger partial charge is 0.483 e. The van der Waals surface area contributed by atoms with E-state index in [2.05, 4.69) is 48.9 Å². The average Bonchev–Trinajstić information content (AvgIpc) is 2.84. The minimum atomic E-state index is -0.418. The van der Waals surface area contributed by atoms with Crippen molar-refractivity contribution in [3.63, 3.8) is 0 Å². The minimum absolute atomic E-state index is 0.205. The molecule has 7 nitrogen and oxygen atoms in total. The maximum Gasteiger partial charge on any atom is 0.282 e. The Kier molecular flexibility index (Phi) is 8.08. The molecule has 3 aromatic carbocycles. The van der Waals surface area contributed by atoms with Crippen LogP contribution in [0.25, 0.3) is 10.9 Å². The van der Waals surface area contributed by atoms with E-state index in [1.54, 1.807) is 24.4 Å². The maximum atomic E-state index is 13.3. The van der Waals surface area contributed by atoms with Gasteiger partial charge in [0, 0.05) is 15.6 Å². The van der Waals surface area contributed by atoms with Crippen LogP contribution in [0.5, 0.6) is 5.75 Å². The smallest absolute Gasteiger partial charge is 0.282 e. The van der Waals surface area contributed by atoms with Crippen LogP contribution in [-0.4, -0.2) is 28.4 Å². The van der Waals surface area contributed by atoms with E-state index in [0.29, 0.717) is 28.2 Å². The van der Waals surface area contributed by atoms with Crippen molar-refractivity contribution >= 4 is 67.2 Å². The fraction of sp³-hybridized carbons (Fsp3) is 0.185. The summed E-state index contributed by atoms with van der Waals surface area (Å²) in [7, 11) is 0. The molecular formula is C27H23BrFIN4O3. The first kappa shape index (κ1) is 26.9. The fourth-order valence-corrected chi connectivity index (χ4v) is 4.51. The van der Waals surface area contributed by atoms with Gasteiger partial charge < -0.3 is 10.1 Å². The second-order valence-corrected chi connectivity index (χ2v) is 11.3. The first-order valence-corrected chi connectivity index (χ1v) is 13.1. The Morgan fingerprint density at radius 3 is 2.57 bits per heavy atom. The van der Waals surface area contributed by atoms with Crippen LogP contribution in [0.3, 0.4) is 0 Å². The van der Waals surface area contributed by atoms with Crippen molar-refractivity contribution in [2.75, 3.05) is 11.9 Å². The Bertz CT molecular complexity index is 1560. The zero-order chi connectivity index (χ0) is 26.7. The van der Waals surface area contributed by atoms with Gasteiger partial charge in [-0.3, -0.25) is 9.59 Å². The van der Waals surface area contributed by atoms with E-state index in [0.717, 1.165) is 13.6 Å². The number of fused-ring (bicyclic) bond motifs is 1. The Labute approximate surface area is 235 Å². The number of nitrogens with one attached hydrogen (secondary N) is 1. The number of nitrogens with zero attached hydrogens (tertiary/aromatic N) is 3. The van der Waals surface area contributed by atoms with Crippen molar-refractivity contribution in [3.8, 4) is 5.75 Å². The van der Waals surface area contributed by atoms with Gasteiger partial charge >= 0.3 is 0 Å². The topological polar surface area (TPSA) is 85.6 Å². The fourth-order valence-electron chi connectivity index (χ4n) is 3.45. The molecule has 190 valence electrons. The van der Waals surface area contributed by atoms with Crippen molar-refractivity contribution in [2.45, 2.75) is 26.2 Å². The summed E-state index contributed by atoms with van der Waals surface area (Å²) >= 11 is 5.52. The summed E-state index contributed by atoms with van der Waals surface area (Å²) < 4.78 is 21.6. The molecule has 4 rings (SSSR count). The summed E-state index contributed by atoms with van der Waals surface area (Å²) in [6.45, 7) is 5.73. The first-order chi connectivity index (χ1) is 17.5. The quantitative estimate of drug-likeness (QED) is 0.198. The summed E-state index contributed by atoms with van der Waals surface area (Å²) in [6.07, 6.45) is 1.59. The van der Waals surface area contributed by atoms with Gasteiger partial charge in [-0.05, 0) is 88.8 Å². The molecule has 0 saturated carbocycles. The van der Waals surface area contributed by atoms with Crippen LogP contribution in [0.15, 0.2) is 75.0 Å². The van der Waals surface area contributed by atoms with E-state index >= 15 is 0 Å². The number of hydrogen-bond acceptors (Lipinski definition) is 5. The highest BCUT2D eigenvalue weighted by Crippen LogP contribution is 2.24. The van der Waals surface area contributed by atoms with Gasteiger partial charge in [0.2, 0.25) is 0 Å². The molecule has 0 bridgehead atoms. The van der Waals surface area contributed by atoms with Crippen LogP contribution in [0.1, 0.15) is 32.2 Å². The van der Waals surface area contributed by atoms with E-state index in [9.17, 15) is 14.0 Å². The SMILES string of the molecule is CC(C)(C)c1nc2ccc(Br)cc2c(=O)n1N=Cc1ccc(OCC(=O)Nc2ccc(F)cc2)c(I)c1. The highest BCUT2D eigenvalue weighted by molar-refractivity contribution is 14.1. The summed E-state index contributed by atoms with van der Waals surface area (Å²) in [5, 5.41) is 7.61. The number of amides is 1. The first-order valence-electron chi connectivity index (χ1n) is 11.3. The number of benzene rings is 3. The van der Waals surface area contributed by atoms with Crippen LogP contribution in [-0.2, 0) is 10.2 Å². The number of ether oxygens (including phenoxy) is 1. The molecule has 0 aliphatic heterocycles. The summed E-state index contributed by atoms with van der Waals surface area (Å²) in [6, 6.07) is 16.3. The van der Waals surface area contributed by atoms with E-state index in [1.807, 2.05) is 39.0 Å². The predicted octanol–water partition coefficient (Wildman–Crippen LogP) is 6.10. The van der Waals surface area contributed by atoms with Crippen molar-refractivity contribution in [1.82, 2.24) is 9.66 Å². The van der Waals surface area contributed by atoms with Crippen molar-refractivity contribution in [1.29, 1.82) is 0 Å². The Morgan fingerprint density at radius 1 is 1.16 bits per heavy atom. The van der Waals surface area contributed by atoms with Crippen LogP contribution >= 0.6 is 38.5 Å². The highest BCUT2D eigenvalue weighted by atomic mass is 127. The third-order valence-electron chi connectivity index (χ3n) is 5.24. The van der Waals surface area contributed by atoms with Gasteiger partial charge in [0.1, 0.15) is 17.4 Å². The molecule has 0 fully saturated rings. The van der Waals surface area contributed by atoms with E-state index in [4.69, 9.17) is 9.72 Å². The molecular weight excluding hydrogens is 654 g/mol. The molecule has 4 aromatic rings. The van der Waals surface area contributed by atoms with Crippen LogP contribution < -0.4 is 15.6 Å². The normalized spacial score (nSPS) is 11.7. The Morgan fingerprint density at radius 2 is 1.89 bits per heavy atom. The lowest BCUT2D eigenvalue weighted by Gasteiger charge is -2.20. The van der Waals surface area contributed by atoms with Gasteiger partial charge in [-0.2, -0.15) is 9.78 Å². The molecule has 0 aliphatic carbocycles. The molecule has 1 heterocycles. The molecule has 1 amide bonds. The zero-order valence-corrected chi connectivity index (χ0v) is 24.0. The van der Waals surface area contributed by atoms with E-state index < -0.39 is 5.41 Å². The average molecular weight is 677 g/mol. The van der Waals surface area contributed by atoms with Gasteiger partial charge in [-0.25, -0.2) is 9.37 Å². The summed E-state index contributed by atoms with van der Waals surface area (Å²) in [4.78, 5) is 30.2. The monoisotopic (exact) mass is 676 g/mol. The highest BCUT2D eigenvalue weighted by Gasteiger charge is 2.23. The van der Waals surface area contributed by atoms with Crippen LogP contribution in [0.4, 0.5) is 10.1 Å². The van der Waals surface area contributed by atoms with Gasteiger partial charge in [0.25, 0.3) is 11.5 Å². The molecule has 0 radical (unpaired) electrons. The van der Waals surface area contributed by atoms with Gasteiger partial charge in [-0.1, -0.05) is 36.7 Å². The molecule has 0 aliphatic rings. The molecule has 37 heavy (non-hydrogen) atoms. The standard InChI is InChI=1S/C27H23BrFIN4O3/c1-27(2,3)26-33-22-10-5-17(28)13-20(22)25(36)34(26)31-14-16-4-11-23(21(30)12-16)37-15-24(35)32-19-8-6-18(29)7-9-19/h4-14H,15H2,1-3H3,(H,32,35). The van der Waals surface area contributed by atoms with Crippen molar-refractivity contribution < 1.29 is 13.9 Å². The number of carbonyl (C=O) groups is 1. The number of anilines is 1.